The first-order chi connectivity index (χ1) is 9.22. The van der Waals surface area contributed by atoms with Crippen molar-refractivity contribution in [1.29, 1.82) is 0 Å². The summed E-state index contributed by atoms with van der Waals surface area (Å²) >= 11 is 5.87. The van der Waals surface area contributed by atoms with Crippen molar-refractivity contribution in [1.82, 2.24) is 25.3 Å². The Morgan fingerprint density at radius 1 is 1.16 bits per heavy atom. The topological polar surface area (TPSA) is 68.0 Å². The monoisotopic (exact) mass is 274 g/mol. The van der Waals surface area contributed by atoms with Crippen LogP contribution in [0.3, 0.4) is 0 Å². The third-order valence-electron chi connectivity index (χ3n) is 2.80. The van der Waals surface area contributed by atoms with E-state index in [1.807, 2.05) is 36.4 Å². The lowest BCUT2D eigenvalue weighted by Gasteiger charge is -2.14. The molecule has 3 rings (SSSR count). The quantitative estimate of drug-likeness (QED) is 0.794. The van der Waals surface area contributed by atoms with Gasteiger partial charge in [0.05, 0.1) is 6.04 Å². The van der Waals surface area contributed by atoms with Crippen molar-refractivity contribution >= 4 is 23.1 Å². The standard InChI is InChI=1S/C12H11ClN6/c1-8(9-2-4-10(13)5-3-9)14-11-6-7-12-15-17-18-19(12)16-11/h2-8H,1H3,(H,14,16). The lowest BCUT2D eigenvalue weighted by atomic mass is 10.1. The number of tetrazole rings is 1. The van der Waals surface area contributed by atoms with Crippen molar-refractivity contribution in [3.8, 4) is 0 Å². The second kappa shape index (κ2) is 4.81. The van der Waals surface area contributed by atoms with E-state index in [0.29, 0.717) is 11.5 Å². The molecule has 1 unspecified atom stereocenters. The molecule has 19 heavy (non-hydrogen) atoms. The first-order valence-corrected chi connectivity index (χ1v) is 6.17. The summed E-state index contributed by atoms with van der Waals surface area (Å²) < 4.78 is 1.39. The predicted molar refractivity (Wildman–Crippen MR) is 72.1 cm³/mol. The van der Waals surface area contributed by atoms with Gasteiger partial charge in [0.2, 0.25) is 0 Å². The summed E-state index contributed by atoms with van der Waals surface area (Å²) in [7, 11) is 0. The minimum absolute atomic E-state index is 0.110. The van der Waals surface area contributed by atoms with Gasteiger partial charge in [-0.05, 0) is 47.2 Å². The van der Waals surface area contributed by atoms with E-state index in [1.165, 1.54) is 4.63 Å². The van der Waals surface area contributed by atoms with Crippen LogP contribution in [-0.4, -0.2) is 25.3 Å². The van der Waals surface area contributed by atoms with Crippen molar-refractivity contribution in [3.05, 3.63) is 47.0 Å². The average molecular weight is 275 g/mol. The number of halogens is 1. The van der Waals surface area contributed by atoms with Crippen molar-refractivity contribution in [2.45, 2.75) is 13.0 Å². The molecule has 2 aromatic heterocycles. The molecule has 3 aromatic rings. The predicted octanol–water partition coefficient (Wildman–Crippen LogP) is 2.35. The van der Waals surface area contributed by atoms with Gasteiger partial charge in [-0.25, -0.2) is 0 Å². The van der Waals surface area contributed by atoms with Gasteiger partial charge < -0.3 is 5.32 Å². The van der Waals surface area contributed by atoms with Gasteiger partial charge in [-0.1, -0.05) is 23.7 Å². The van der Waals surface area contributed by atoms with Crippen LogP contribution in [0.5, 0.6) is 0 Å². The number of benzene rings is 1. The van der Waals surface area contributed by atoms with Gasteiger partial charge >= 0.3 is 0 Å². The first kappa shape index (κ1) is 11.9. The van der Waals surface area contributed by atoms with E-state index in [1.54, 1.807) is 0 Å². The van der Waals surface area contributed by atoms with E-state index < -0.39 is 0 Å². The summed E-state index contributed by atoms with van der Waals surface area (Å²) in [5, 5.41) is 19.4. The summed E-state index contributed by atoms with van der Waals surface area (Å²) in [6.07, 6.45) is 0. The summed E-state index contributed by atoms with van der Waals surface area (Å²) in [4.78, 5) is 0. The van der Waals surface area contributed by atoms with Crippen LogP contribution >= 0.6 is 11.6 Å². The highest BCUT2D eigenvalue weighted by Crippen LogP contribution is 2.19. The second-order valence-electron chi connectivity index (χ2n) is 4.16. The maximum Gasteiger partial charge on any atom is 0.200 e. The molecule has 1 N–H and O–H groups in total. The number of rotatable bonds is 3. The Bertz CT molecular complexity index is 693. The largest absolute Gasteiger partial charge is 0.362 e. The fourth-order valence-electron chi connectivity index (χ4n) is 1.78. The van der Waals surface area contributed by atoms with E-state index >= 15 is 0 Å². The van der Waals surface area contributed by atoms with E-state index in [4.69, 9.17) is 11.6 Å². The second-order valence-corrected chi connectivity index (χ2v) is 4.60. The zero-order chi connectivity index (χ0) is 13.2. The van der Waals surface area contributed by atoms with E-state index in [9.17, 15) is 0 Å². The first-order valence-electron chi connectivity index (χ1n) is 5.80. The molecule has 7 heteroatoms. The minimum atomic E-state index is 0.110. The van der Waals surface area contributed by atoms with Gasteiger partial charge in [0.15, 0.2) is 5.65 Å². The maximum absolute atomic E-state index is 5.87. The molecule has 6 nitrogen and oxygen atoms in total. The summed E-state index contributed by atoms with van der Waals surface area (Å²) in [5.74, 6) is 0.710. The molecule has 0 saturated heterocycles. The summed E-state index contributed by atoms with van der Waals surface area (Å²) in [6, 6.07) is 11.5. The molecule has 2 heterocycles. The van der Waals surface area contributed by atoms with Crippen LogP contribution < -0.4 is 5.32 Å². The Kier molecular flexibility index (Phi) is 3.00. The molecule has 0 spiro atoms. The van der Waals surface area contributed by atoms with Gasteiger partial charge in [0.1, 0.15) is 5.82 Å². The van der Waals surface area contributed by atoms with Crippen molar-refractivity contribution in [2.75, 3.05) is 5.32 Å². The molecule has 96 valence electrons. The van der Waals surface area contributed by atoms with Gasteiger partial charge in [-0.15, -0.1) is 14.8 Å². The SMILES string of the molecule is CC(Nc1ccc2nnnn2n1)c1ccc(Cl)cc1. The molecular weight excluding hydrogens is 264 g/mol. The van der Waals surface area contributed by atoms with Crippen LogP contribution in [0.25, 0.3) is 5.65 Å². The van der Waals surface area contributed by atoms with E-state index in [0.717, 1.165) is 10.6 Å². The Hall–Kier alpha value is -2.21. The van der Waals surface area contributed by atoms with Crippen molar-refractivity contribution in [2.24, 2.45) is 0 Å². The normalized spacial score (nSPS) is 12.5. The van der Waals surface area contributed by atoms with Gasteiger partial charge in [-0.3, -0.25) is 0 Å². The Morgan fingerprint density at radius 2 is 1.95 bits per heavy atom. The molecule has 0 fully saturated rings. The van der Waals surface area contributed by atoms with Gasteiger partial charge in [0.25, 0.3) is 0 Å². The van der Waals surface area contributed by atoms with Crippen LogP contribution in [-0.2, 0) is 0 Å². The minimum Gasteiger partial charge on any atom is -0.362 e. The lowest BCUT2D eigenvalue weighted by Crippen LogP contribution is -2.09. The molecule has 0 radical (unpaired) electrons. The molecule has 0 bridgehead atoms. The highest BCUT2D eigenvalue weighted by atomic mass is 35.5. The van der Waals surface area contributed by atoms with Crippen LogP contribution in [0, 0.1) is 0 Å². The average Bonchev–Trinajstić information content (AvgIpc) is 2.87. The molecule has 1 atom stereocenters. The molecule has 0 amide bonds. The number of fused-ring (bicyclic) bond motifs is 1. The number of hydrogen-bond donors (Lipinski definition) is 1. The fourth-order valence-corrected chi connectivity index (χ4v) is 1.91. The molecule has 0 aliphatic carbocycles. The van der Waals surface area contributed by atoms with E-state index in [-0.39, 0.29) is 6.04 Å². The summed E-state index contributed by atoms with van der Waals surface area (Å²) in [6.45, 7) is 2.05. The number of hydrogen-bond acceptors (Lipinski definition) is 5. The van der Waals surface area contributed by atoms with Crippen LogP contribution in [0.15, 0.2) is 36.4 Å². The van der Waals surface area contributed by atoms with Crippen LogP contribution in [0.2, 0.25) is 5.02 Å². The Morgan fingerprint density at radius 3 is 2.74 bits per heavy atom. The molecule has 0 saturated carbocycles. The molecule has 0 aliphatic heterocycles. The van der Waals surface area contributed by atoms with Crippen molar-refractivity contribution in [3.63, 3.8) is 0 Å². The van der Waals surface area contributed by atoms with Crippen LogP contribution in [0.1, 0.15) is 18.5 Å². The third kappa shape index (κ3) is 2.48. The maximum atomic E-state index is 5.87. The van der Waals surface area contributed by atoms with Gasteiger partial charge in [0, 0.05) is 5.02 Å². The van der Waals surface area contributed by atoms with Crippen LogP contribution in [0.4, 0.5) is 5.82 Å². The molecule has 1 aromatic carbocycles. The number of nitrogens with zero attached hydrogens (tertiary/aromatic N) is 5. The van der Waals surface area contributed by atoms with Gasteiger partial charge in [-0.2, -0.15) is 0 Å². The summed E-state index contributed by atoms with van der Waals surface area (Å²) in [5.41, 5.74) is 1.74. The molecule has 0 aliphatic rings. The highest BCUT2D eigenvalue weighted by Gasteiger charge is 2.07. The molecular formula is C12H11ClN6. The van der Waals surface area contributed by atoms with E-state index in [2.05, 4.69) is 32.9 Å². The van der Waals surface area contributed by atoms with Crippen molar-refractivity contribution < 1.29 is 0 Å². The Balaban J connectivity index is 1.81. The third-order valence-corrected chi connectivity index (χ3v) is 3.06. The zero-order valence-electron chi connectivity index (χ0n) is 10.2. The fraction of sp³-hybridized carbons (Fsp3) is 0.167. The number of nitrogens with one attached hydrogen (secondary N) is 1. The number of aromatic nitrogens is 5. The lowest BCUT2D eigenvalue weighted by molar-refractivity contribution is 0.728. The smallest absolute Gasteiger partial charge is 0.200 e. The highest BCUT2D eigenvalue weighted by molar-refractivity contribution is 6.30. The number of anilines is 1. The zero-order valence-corrected chi connectivity index (χ0v) is 10.9. The Labute approximate surface area is 114 Å².